The van der Waals surface area contributed by atoms with E-state index in [1.807, 2.05) is 20.0 Å². The van der Waals surface area contributed by atoms with Crippen LogP contribution in [-0.2, 0) is 6.54 Å². The summed E-state index contributed by atoms with van der Waals surface area (Å²) in [6, 6.07) is 1.91. The Bertz CT molecular complexity index is 210. The normalized spacial score (nSPS) is 9.80. The average Bonchev–Trinajstić information content (AvgIpc) is 1.88. The average molecular weight is 137 g/mol. The van der Waals surface area contributed by atoms with E-state index in [9.17, 15) is 0 Å². The van der Waals surface area contributed by atoms with Crippen LogP contribution in [0.2, 0.25) is 0 Å². The molecular formula is C7H11N3. The first-order chi connectivity index (χ1) is 4.83. The van der Waals surface area contributed by atoms with Crippen molar-refractivity contribution in [2.24, 2.45) is 0 Å². The van der Waals surface area contributed by atoms with Crippen molar-refractivity contribution in [3.63, 3.8) is 0 Å². The van der Waals surface area contributed by atoms with Crippen LogP contribution in [0.1, 0.15) is 11.5 Å². The largest absolute Gasteiger partial charge is 0.314 e. The summed E-state index contributed by atoms with van der Waals surface area (Å²) in [6.07, 6.45) is 1.77. The number of hydrogen-bond donors (Lipinski definition) is 1. The van der Waals surface area contributed by atoms with Crippen LogP contribution in [0.5, 0.6) is 0 Å². The highest BCUT2D eigenvalue weighted by Gasteiger charge is 1.91. The zero-order valence-electron chi connectivity index (χ0n) is 6.26. The van der Waals surface area contributed by atoms with Gasteiger partial charge in [0, 0.05) is 12.7 Å². The molecular weight excluding hydrogens is 126 g/mol. The molecule has 1 heterocycles. The van der Waals surface area contributed by atoms with Gasteiger partial charge in [0.25, 0.3) is 0 Å². The molecule has 1 aromatic rings. The molecule has 0 atom stereocenters. The van der Waals surface area contributed by atoms with Crippen molar-refractivity contribution in [3.8, 4) is 0 Å². The van der Waals surface area contributed by atoms with Gasteiger partial charge in [-0.1, -0.05) is 0 Å². The molecule has 3 nitrogen and oxygen atoms in total. The predicted octanol–water partition coefficient (Wildman–Crippen LogP) is 0.504. The Morgan fingerprint density at radius 1 is 1.60 bits per heavy atom. The van der Waals surface area contributed by atoms with Crippen LogP contribution in [0.4, 0.5) is 0 Å². The second kappa shape index (κ2) is 3.27. The van der Waals surface area contributed by atoms with Gasteiger partial charge in [-0.25, -0.2) is 9.97 Å². The molecule has 1 N–H and O–H groups in total. The van der Waals surface area contributed by atoms with Crippen molar-refractivity contribution in [2.45, 2.75) is 13.5 Å². The molecule has 0 aliphatic heterocycles. The molecule has 0 saturated heterocycles. The van der Waals surface area contributed by atoms with Gasteiger partial charge >= 0.3 is 0 Å². The van der Waals surface area contributed by atoms with Gasteiger partial charge in [-0.15, -0.1) is 0 Å². The highest BCUT2D eigenvalue weighted by Crippen LogP contribution is 1.92. The molecule has 54 valence electrons. The second-order valence-electron chi connectivity index (χ2n) is 2.13. The smallest absolute Gasteiger partial charge is 0.125 e. The van der Waals surface area contributed by atoms with Crippen LogP contribution in [0.3, 0.4) is 0 Å². The molecule has 0 unspecified atom stereocenters. The number of hydrogen-bond acceptors (Lipinski definition) is 3. The standard InChI is InChI=1S/C7H11N3/c1-6-9-4-3-7(10-6)5-8-2/h3-4,8H,5H2,1-2H3. The van der Waals surface area contributed by atoms with Gasteiger partial charge in [-0.05, 0) is 20.0 Å². The monoisotopic (exact) mass is 137 g/mol. The predicted molar refractivity (Wildman–Crippen MR) is 39.5 cm³/mol. The Labute approximate surface area is 60.5 Å². The van der Waals surface area contributed by atoms with Crippen molar-refractivity contribution < 1.29 is 0 Å². The molecule has 0 amide bonds. The Kier molecular flexibility index (Phi) is 2.34. The summed E-state index contributed by atoms with van der Waals surface area (Å²) < 4.78 is 0. The number of aryl methyl sites for hydroxylation is 1. The van der Waals surface area contributed by atoms with E-state index in [0.717, 1.165) is 18.1 Å². The molecule has 3 heteroatoms. The topological polar surface area (TPSA) is 37.8 Å². The third-order valence-corrected chi connectivity index (χ3v) is 1.19. The zero-order chi connectivity index (χ0) is 7.40. The van der Waals surface area contributed by atoms with Gasteiger partial charge in [0.15, 0.2) is 0 Å². The molecule has 0 fully saturated rings. The summed E-state index contributed by atoms with van der Waals surface area (Å²) in [6.45, 7) is 2.70. The third-order valence-electron chi connectivity index (χ3n) is 1.19. The number of aromatic nitrogens is 2. The maximum absolute atomic E-state index is 4.19. The van der Waals surface area contributed by atoms with E-state index in [2.05, 4.69) is 15.3 Å². The lowest BCUT2D eigenvalue weighted by Gasteiger charge is -1.97. The number of rotatable bonds is 2. The Morgan fingerprint density at radius 3 is 3.00 bits per heavy atom. The minimum absolute atomic E-state index is 0.809. The van der Waals surface area contributed by atoms with Gasteiger partial charge in [0.05, 0.1) is 5.69 Å². The van der Waals surface area contributed by atoms with Gasteiger partial charge in [-0.3, -0.25) is 0 Å². The first-order valence-corrected chi connectivity index (χ1v) is 3.26. The van der Waals surface area contributed by atoms with Gasteiger partial charge < -0.3 is 5.32 Å². The summed E-state index contributed by atoms with van der Waals surface area (Å²) >= 11 is 0. The third kappa shape index (κ3) is 1.77. The van der Waals surface area contributed by atoms with Gasteiger partial charge in [0.1, 0.15) is 5.82 Å². The lowest BCUT2D eigenvalue weighted by atomic mass is 10.4. The van der Waals surface area contributed by atoms with E-state index in [1.54, 1.807) is 6.20 Å². The molecule has 0 aliphatic carbocycles. The van der Waals surface area contributed by atoms with E-state index in [4.69, 9.17) is 0 Å². The number of nitrogens with one attached hydrogen (secondary N) is 1. The van der Waals surface area contributed by atoms with Crippen LogP contribution in [0, 0.1) is 6.92 Å². The van der Waals surface area contributed by atoms with Crippen LogP contribution in [-0.4, -0.2) is 17.0 Å². The molecule has 0 saturated carbocycles. The molecule has 0 bridgehead atoms. The fourth-order valence-electron chi connectivity index (χ4n) is 0.785. The summed E-state index contributed by atoms with van der Waals surface area (Å²) in [5, 5.41) is 3.02. The maximum atomic E-state index is 4.19. The molecule has 10 heavy (non-hydrogen) atoms. The van der Waals surface area contributed by atoms with E-state index in [-0.39, 0.29) is 0 Å². The molecule has 0 spiro atoms. The molecule has 1 aromatic heterocycles. The molecule has 0 radical (unpaired) electrons. The summed E-state index contributed by atoms with van der Waals surface area (Å²) in [5.74, 6) is 0.827. The first kappa shape index (κ1) is 7.15. The van der Waals surface area contributed by atoms with Crippen molar-refractivity contribution in [1.82, 2.24) is 15.3 Å². The molecule has 0 aliphatic rings. The van der Waals surface area contributed by atoms with Crippen molar-refractivity contribution in [1.29, 1.82) is 0 Å². The summed E-state index contributed by atoms with van der Waals surface area (Å²) in [7, 11) is 1.90. The van der Waals surface area contributed by atoms with E-state index >= 15 is 0 Å². The van der Waals surface area contributed by atoms with E-state index < -0.39 is 0 Å². The summed E-state index contributed by atoms with van der Waals surface area (Å²) in [4.78, 5) is 8.17. The van der Waals surface area contributed by atoms with E-state index in [0.29, 0.717) is 0 Å². The number of nitrogens with zero attached hydrogens (tertiary/aromatic N) is 2. The quantitative estimate of drug-likeness (QED) is 0.645. The van der Waals surface area contributed by atoms with Crippen LogP contribution >= 0.6 is 0 Å². The van der Waals surface area contributed by atoms with E-state index in [1.165, 1.54) is 0 Å². The fourth-order valence-corrected chi connectivity index (χ4v) is 0.785. The van der Waals surface area contributed by atoms with Crippen molar-refractivity contribution in [2.75, 3.05) is 7.05 Å². The SMILES string of the molecule is CNCc1ccnc(C)n1. The van der Waals surface area contributed by atoms with Gasteiger partial charge in [-0.2, -0.15) is 0 Å². The van der Waals surface area contributed by atoms with Crippen LogP contribution < -0.4 is 5.32 Å². The lowest BCUT2D eigenvalue weighted by Crippen LogP contribution is -2.07. The Hall–Kier alpha value is -0.960. The lowest BCUT2D eigenvalue weighted by molar-refractivity contribution is 0.778. The van der Waals surface area contributed by atoms with Crippen LogP contribution in [0.25, 0.3) is 0 Å². The van der Waals surface area contributed by atoms with Crippen molar-refractivity contribution in [3.05, 3.63) is 23.8 Å². The highest BCUT2D eigenvalue weighted by molar-refractivity contribution is 5.00. The van der Waals surface area contributed by atoms with Gasteiger partial charge in [0.2, 0.25) is 0 Å². The highest BCUT2D eigenvalue weighted by atomic mass is 14.9. The maximum Gasteiger partial charge on any atom is 0.125 e. The minimum Gasteiger partial charge on any atom is -0.314 e. The van der Waals surface area contributed by atoms with Crippen molar-refractivity contribution >= 4 is 0 Å². The Balaban J connectivity index is 2.75. The zero-order valence-corrected chi connectivity index (χ0v) is 6.26. The summed E-state index contributed by atoms with van der Waals surface area (Å²) in [5.41, 5.74) is 1.04. The molecule has 1 rings (SSSR count). The Morgan fingerprint density at radius 2 is 2.40 bits per heavy atom. The molecule has 0 aromatic carbocycles. The second-order valence-corrected chi connectivity index (χ2v) is 2.13. The van der Waals surface area contributed by atoms with Crippen LogP contribution in [0.15, 0.2) is 12.3 Å². The minimum atomic E-state index is 0.809. The first-order valence-electron chi connectivity index (χ1n) is 3.26. The fraction of sp³-hybridized carbons (Fsp3) is 0.429.